The Bertz CT molecular complexity index is 1250. The molecule has 2 aromatic carbocycles. The predicted octanol–water partition coefficient (Wildman–Crippen LogP) is 5.17. The van der Waals surface area contributed by atoms with Gasteiger partial charge in [0.2, 0.25) is 10.0 Å². The Hall–Kier alpha value is -2.58. The second-order valence-corrected chi connectivity index (χ2v) is 10.3. The standard InChI is InChI=1S/C21H25ClN6O2S/c1-5-20-25-17-13-19(31(29,30)26-21(2,3)4)16(22)12-18(17)28(20)15-8-6-14(7-9-15)10-11-24-27-23/h6-9,12-13,26H,5,10-11H2,1-4H3. The summed E-state index contributed by atoms with van der Waals surface area (Å²) in [7, 11) is -3.80. The highest BCUT2D eigenvalue weighted by Crippen LogP contribution is 2.31. The number of hydrogen-bond acceptors (Lipinski definition) is 4. The van der Waals surface area contributed by atoms with E-state index < -0.39 is 15.6 Å². The molecule has 0 atom stereocenters. The molecule has 0 saturated carbocycles. The van der Waals surface area contributed by atoms with Crippen LogP contribution in [0.2, 0.25) is 5.02 Å². The van der Waals surface area contributed by atoms with Gasteiger partial charge in [-0.05, 0) is 62.6 Å². The second kappa shape index (κ2) is 8.88. The maximum Gasteiger partial charge on any atom is 0.242 e. The lowest BCUT2D eigenvalue weighted by molar-refractivity contribution is 0.491. The van der Waals surface area contributed by atoms with Crippen LogP contribution in [0, 0.1) is 0 Å². The van der Waals surface area contributed by atoms with Crippen molar-refractivity contribution in [1.82, 2.24) is 14.3 Å². The van der Waals surface area contributed by atoms with Gasteiger partial charge in [-0.15, -0.1) is 0 Å². The smallest absolute Gasteiger partial charge is 0.242 e. The number of benzene rings is 2. The Labute approximate surface area is 186 Å². The summed E-state index contributed by atoms with van der Waals surface area (Å²) < 4.78 is 30.3. The molecule has 0 saturated heterocycles. The minimum Gasteiger partial charge on any atom is -0.296 e. The van der Waals surface area contributed by atoms with Crippen molar-refractivity contribution in [2.45, 2.75) is 51.0 Å². The summed E-state index contributed by atoms with van der Waals surface area (Å²) in [6, 6.07) is 11.0. The fourth-order valence-corrected chi connectivity index (χ4v) is 5.31. The molecule has 0 bridgehead atoms. The van der Waals surface area contributed by atoms with Crippen molar-refractivity contribution in [3.8, 4) is 5.69 Å². The van der Waals surface area contributed by atoms with Crippen LogP contribution < -0.4 is 4.72 Å². The first-order valence-electron chi connectivity index (χ1n) is 9.91. The number of sulfonamides is 1. The summed E-state index contributed by atoms with van der Waals surface area (Å²) in [5, 5.41) is 3.70. The lowest BCUT2D eigenvalue weighted by Crippen LogP contribution is -2.40. The molecule has 3 rings (SSSR count). The molecule has 0 aliphatic rings. The number of azide groups is 1. The van der Waals surface area contributed by atoms with E-state index in [1.165, 1.54) is 6.07 Å². The number of nitrogens with one attached hydrogen (secondary N) is 1. The zero-order valence-corrected chi connectivity index (χ0v) is 19.5. The average molecular weight is 461 g/mol. The third kappa shape index (κ3) is 5.19. The highest BCUT2D eigenvalue weighted by molar-refractivity contribution is 7.89. The molecule has 1 N–H and O–H groups in total. The van der Waals surface area contributed by atoms with Crippen LogP contribution >= 0.6 is 11.6 Å². The normalized spacial score (nSPS) is 12.2. The molecule has 0 aliphatic carbocycles. The number of halogens is 1. The van der Waals surface area contributed by atoms with Crippen LogP contribution in [0.25, 0.3) is 27.2 Å². The van der Waals surface area contributed by atoms with E-state index in [9.17, 15) is 8.42 Å². The number of imidazole rings is 1. The van der Waals surface area contributed by atoms with Gasteiger partial charge in [-0.2, -0.15) is 0 Å². The number of nitrogens with zero attached hydrogens (tertiary/aromatic N) is 5. The van der Waals surface area contributed by atoms with E-state index in [0.717, 1.165) is 22.6 Å². The first-order valence-corrected chi connectivity index (χ1v) is 11.8. The van der Waals surface area contributed by atoms with Crippen LogP contribution in [-0.2, 0) is 22.9 Å². The summed E-state index contributed by atoms with van der Waals surface area (Å²) in [6.45, 7) is 7.72. The van der Waals surface area contributed by atoms with Crippen LogP contribution in [0.4, 0.5) is 0 Å². The lowest BCUT2D eigenvalue weighted by Gasteiger charge is -2.20. The quantitative estimate of drug-likeness (QED) is 0.298. The first kappa shape index (κ1) is 23.1. The van der Waals surface area contributed by atoms with Crippen molar-refractivity contribution < 1.29 is 8.42 Å². The molecule has 31 heavy (non-hydrogen) atoms. The third-order valence-electron chi connectivity index (χ3n) is 4.58. The molecule has 164 valence electrons. The van der Waals surface area contributed by atoms with E-state index >= 15 is 0 Å². The zero-order valence-electron chi connectivity index (χ0n) is 17.9. The highest BCUT2D eigenvalue weighted by atomic mass is 35.5. The van der Waals surface area contributed by atoms with Crippen molar-refractivity contribution >= 4 is 32.7 Å². The van der Waals surface area contributed by atoms with Crippen molar-refractivity contribution in [3.05, 3.63) is 63.3 Å². The molecule has 0 fully saturated rings. The molecule has 0 spiro atoms. The van der Waals surface area contributed by atoms with Crippen LogP contribution in [0.15, 0.2) is 46.4 Å². The summed E-state index contributed by atoms with van der Waals surface area (Å²) in [6.07, 6.45) is 1.32. The molecular weight excluding hydrogens is 436 g/mol. The third-order valence-corrected chi connectivity index (χ3v) is 6.80. The zero-order chi connectivity index (χ0) is 22.8. The molecular formula is C21H25ClN6O2S. The van der Waals surface area contributed by atoms with E-state index in [1.807, 2.05) is 35.8 Å². The van der Waals surface area contributed by atoms with Crippen molar-refractivity contribution in [2.24, 2.45) is 5.11 Å². The summed E-state index contributed by atoms with van der Waals surface area (Å²) in [5.41, 5.74) is 11.0. The van der Waals surface area contributed by atoms with Crippen LogP contribution in [0.3, 0.4) is 0 Å². The monoisotopic (exact) mass is 460 g/mol. The maximum atomic E-state index is 12.8. The molecule has 3 aromatic rings. The Morgan fingerprint density at radius 1 is 1.23 bits per heavy atom. The Morgan fingerprint density at radius 2 is 1.90 bits per heavy atom. The van der Waals surface area contributed by atoms with E-state index in [-0.39, 0.29) is 9.92 Å². The number of aromatic nitrogens is 2. The molecule has 0 aliphatic heterocycles. The van der Waals surface area contributed by atoms with Gasteiger partial charge >= 0.3 is 0 Å². The number of fused-ring (bicyclic) bond motifs is 1. The van der Waals surface area contributed by atoms with E-state index in [0.29, 0.717) is 24.9 Å². The largest absolute Gasteiger partial charge is 0.296 e. The predicted molar refractivity (Wildman–Crippen MR) is 123 cm³/mol. The average Bonchev–Trinajstić information content (AvgIpc) is 3.03. The molecule has 1 heterocycles. The Morgan fingerprint density at radius 3 is 2.48 bits per heavy atom. The summed E-state index contributed by atoms with van der Waals surface area (Å²) in [5.74, 6) is 0.797. The fraction of sp³-hybridized carbons (Fsp3) is 0.381. The molecule has 0 unspecified atom stereocenters. The molecule has 8 nitrogen and oxygen atoms in total. The van der Waals surface area contributed by atoms with E-state index in [4.69, 9.17) is 17.1 Å². The Kier molecular flexibility index (Phi) is 6.62. The van der Waals surface area contributed by atoms with Crippen LogP contribution in [-0.4, -0.2) is 30.1 Å². The van der Waals surface area contributed by atoms with Gasteiger partial charge in [0.05, 0.1) is 16.1 Å². The SMILES string of the molecule is CCc1nc2cc(S(=O)(=O)NC(C)(C)C)c(Cl)cc2n1-c1ccc(CCN=[N+]=[N-])cc1. The first-order chi connectivity index (χ1) is 14.6. The molecule has 0 amide bonds. The van der Waals surface area contributed by atoms with Gasteiger partial charge in [-0.25, -0.2) is 18.1 Å². The van der Waals surface area contributed by atoms with Gasteiger partial charge < -0.3 is 0 Å². The maximum absolute atomic E-state index is 12.8. The van der Waals surface area contributed by atoms with E-state index in [2.05, 4.69) is 19.7 Å². The summed E-state index contributed by atoms with van der Waals surface area (Å²) in [4.78, 5) is 7.44. The second-order valence-electron chi connectivity index (χ2n) is 8.21. The van der Waals surface area contributed by atoms with Gasteiger partial charge in [0.25, 0.3) is 0 Å². The summed E-state index contributed by atoms with van der Waals surface area (Å²) >= 11 is 6.42. The van der Waals surface area contributed by atoms with Gasteiger partial charge in [0.1, 0.15) is 10.7 Å². The minimum absolute atomic E-state index is 0.0114. The topological polar surface area (TPSA) is 113 Å². The number of hydrogen-bond donors (Lipinski definition) is 1. The number of aryl methyl sites for hydroxylation is 1. The highest BCUT2D eigenvalue weighted by Gasteiger charge is 2.26. The van der Waals surface area contributed by atoms with Crippen LogP contribution in [0.1, 0.15) is 39.1 Å². The minimum atomic E-state index is -3.80. The van der Waals surface area contributed by atoms with E-state index in [1.54, 1.807) is 26.8 Å². The van der Waals surface area contributed by atoms with Gasteiger partial charge in [0, 0.05) is 29.1 Å². The molecule has 10 heteroatoms. The Balaban J connectivity index is 2.08. The van der Waals surface area contributed by atoms with Gasteiger partial charge in [-0.3, -0.25) is 4.57 Å². The molecule has 1 aromatic heterocycles. The fourth-order valence-electron chi connectivity index (χ4n) is 3.35. The van der Waals surface area contributed by atoms with Crippen molar-refractivity contribution in [3.63, 3.8) is 0 Å². The number of rotatable bonds is 7. The van der Waals surface area contributed by atoms with Crippen molar-refractivity contribution in [2.75, 3.05) is 6.54 Å². The van der Waals surface area contributed by atoms with Gasteiger partial charge in [0.15, 0.2) is 0 Å². The van der Waals surface area contributed by atoms with Crippen molar-refractivity contribution in [1.29, 1.82) is 0 Å². The lowest BCUT2D eigenvalue weighted by atomic mass is 10.1. The molecule has 0 radical (unpaired) electrons. The van der Waals surface area contributed by atoms with Gasteiger partial charge in [-0.1, -0.05) is 35.8 Å². The van der Waals surface area contributed by atoms with Crippen LogP contribution in [0.5, 0.6) is 0 Å².